The van der Waals surface area contributed by atoms with Gasteiger partial charge in [0.05, 0.1) is 21.3 Å². The highest BCUT2D eigenvalue weighted by Crippen LogP contribution is 2.32. The molecule has 0 bridgehead atoms. The number of nitrogens with one attached hydrogen (secondary N) is 1. The number of sulfonamides is 1. The summed E-state index contributed by atoms with van der Waals surface area (Å²) < 4.78 is 43.1. The number of benzene rings is 1. The molecule has 4 heterocycles. The summed E-state index contributed by atoms with van der Waals surface area (Å²) in [6.45, 7) is 5.31. The monoisotopic (exact) mass is 632 g/mol. The second-order valence-corrected chi connectivity index (χ2v) is 14.5. The first-order valence-corrected chi connectivity index (χ1v) is 17.1. The van der Waals surface area contributed by atoms with Crippen LogP contribution >= 0.6 is 15.9 Å². The molecule has 0 saturated carbocycles. The van der Waals surface area contributed by atoms with Crippen LogP contribution in [0, 0.1) is 0 Å². The molecule has 2 unspecified atom stereocenters. The molecule has 0 spiro atoms. The van der Waals surface area contributed by atoms with Gasteiger partial charge in [0.15, 0.2) is 5.65 Å². The van der Waals surface area contributed by atoms with Crippen LogP contribution in [-0.4, -0.2) is 61.7 Å². The molecule has 4 aromatic rings. The van der Waals surface area contributed by atoms with E-state index in [1.54, 1.807) is 35.2 Å². The van der Waals surface area contributed by atoms with Crippen molar-refractivity contribution in [3.63, 3.8) is 0 Å². The van der Waals surface area contributed by atoms with Crippen LogP contribution in [-0.2, 0) is 26.1 Å². The molecule has 0 radical (unpaired) electrons. The van der Waals surface area contributed by atoms with Gasteiger partial charge in [0.2, 0.25) is 10.0 Å². The minimum Gasteiger partial charge on any atom is -0.366 e. The highest BCUT2D eigenvalue weighted by atomic mass is 79.9. The first kappa shape index (κ1) is 29.2. The third kappa shape index (κ3) is 6.51. The van der Waals surface area contributed by atoms with E-state index in [0.29, 0.717) is 30.2 Å². The number of aromatic nitrogens is 4. The standard InChI is InChI=1S/C25H27BrN6O3S2.C2H6/c1-36(2,33)20-7-9-21(10-8-20)37(34,35)31-12-4-6-19(17-31)23-13-24(28-15-18-5-3-11-27-14-18)32-25(30-23)22(26)16-29-32;1-2/h3,5,7-11,13-14,16,19,28H,1,4,6,12,15,17H2,2H3;1-2H3. The van der Waals surface area contributed by atoms with Crippen molar-refractivity contribution in [3.05, 3.63) is 76.8 Å². The molecule has 0 amide bonds. The fourth-order valence-electron chi connectivity index (χ4n) is 4.44. The third-order valence-corrected chi connectivity index (χ3v) is 10.1. The second kappa shape index (κ2) is 12.2. The van der Waals surface area contributed by atoms with E-state index in [-0.39, 0.29) is 10.8 Å². The normalized spacial score (nSPS) is 17.7. The van der Waals surface area contributed by atoms with Crippen molar-refractivity contribution < 1.29 is 12.6 Å². The van der Waals surface area contributed by atoms with Crippen molar-refractivity contribution in [2.45, 2.75) is 48.9 Å². The van der Waals surface area contributed by atoms with Crippen molar-refractivity contribution in [1.29, 1.82) is 0 Å². The summed E-state index contributed by atoms with van der Waals surface area (Å²) >= 11 is 3.53. The van der Waals surface area contributed by atoms with Crippen molar-refractivity contribution in [2.75, 3.05) is 24.7 Å². The number of hydrogen-bond acceptors (Lipinski definition) is 7. The Kier molecular flexibility index (Phi) is 9.10. The molecule has 1 aliphatic rings. The fraction of sp³-hybridized carbons (Fsp3) is 0.333. The SMILES string of the molecule is C=S(C)(=O)c1ccc(S(=O)(=O)N2CCCC(c3cc(NCc4cccnc4)n4ncc(Br)c4n3)C2)cc1.CC. The zero-order valence-electron chi connectivity index (χ0n) is 22.2. The van der Waals surface area contributed by atoms with Crippen LogP contribution in [0.2, 0.25) is 0 Å². The van der Waals surface area contributed by atoms with Crippen molar-refractivity contribution in [2.24, 2.45) is 0 Å². The van der Waals surface area contributed by atoms with Crippen LogP contribution < -0.4 is 5.32 Å². The minimum atomic E-state index is -3.72. The first-order valence-electron chi connectivity index (χ1n) is 12.7. The molecule has 39 heavy (non-hydrogen) atoms. The molecular formula is C27H33BrN6O3S2. The lowest BCUT2D eigenvalue weighted by atomic mass is 9.96. The van der Waals surface area contributed by atoms with Crippen LogP contribution in [0.4, 0.5) is 5.82 Å². The molecule has 208 valence electrons. The summed E-state index contributed by atoms with van der Waals surface area (Å²) in [7, 11) is -6.13. The lowest BCUT2D eigenvalue weighted by molar-refractivity contribution is 0.313. The van der Waals surface area contributed by atoms with Gasteiger partial charge in [-0.2, -0.15) is 13.9 Å². The molecule has 0 aliphatic carbocycles. The molecule has 5 rings (SSSR count). The van der Waals surface area contributed by atoms with Gasteiger partial charge in [0, 0.05) is 55.2 Å². The van der Waals surface area contributed by atoms with Crippen molar-refractivity contribution >= 4 is 52.8 Å². The maximum atomic E-state index is 13.5. The number of nitrogens with zero attached hydrogens (tertiary/aromatic N) is 5. The van der Waals surface area contributed by atoms with E-state index in [4.69, 9.17) is 4.98 Å². The van der Waals surface area contributed by atoms with Gasteiger partial charge in [-0.15, -0.1) is 0 Å². The van der Waals surface area contributed by atoms with Gasteiger partial charge in [-0.1, -0.05) is 19.9 Å². The average molecular weight is 634 g/mol. The molecule has 9 nitrogen and oxygen atoms in total. The lowest BCUT2D eigenvalue weighted by Crippen LogP contribution is -2.39. The number of pyridine rings is 1. The largest absolute Gasteiger partial charge is 0.366 e. The maximum absolute atomic E-state index is 13.5. The number of hydrogen-bond donors (Lipinski definition) is 1. The number of piperidine rings is 1. The molecule has 1 saturated heterocycles. The Morgan fingerprint density at radius 2 is 1.82 bits per heavy atom. The predicted octanol–water partition coefficient (Wildman–Crippen LogP) is 4.80. The zero-order chi connectivity index (χ0) is 28.2. The second-order valence-electron chi connectivity index (χ2n) is 9.19. The van der Waals surface area contributed by atoms with Gasteiger partial charge >= 0.3 is 0 Å². The van der Waals surface area contributed by atoms with E-state index < -0.39 is 19.5 Å². The Bertz CT molecular complexity index is 1640. The summed E-state index contributed by atoms with van der Waals surface area (Å²) in [4.78, 5) is 9.72. The van der Waals surface area contributed by atoms with Crippen LogP contribution in [0.1, 0.15) is 43.9 Å². The predicted molar refractivity (Wildman–Crippen MR) is 160 cm³/mol. The molecule has 12 heteroatoms. The summed E-state index contributed by atoms with van der Waals surface area (Å²) in [6, 6.07) is 12.0. The zero-order valence-corrected chi connectivity index (χ0v) is 25.5. The molecule has 3 aromatic heterocycles. The third-order valence-electron chi connectivity index (χ3n) is 6.41. The van der Waals surface area contributed by atoms with Gasteiger partial charge in [-0.25, -0.2) is 13.4 Å². The summed E-state index contributed by atoms with van der Waals surface area (Å²) in [5.74, 6) is 4.35. The number of fused-ring (bicyclic) bond motifs is 1. The summed E-state index contributed by atoms with van der Waals surface area (Å²) in [6.07, 6.45) is 8.31. The Morgan fingerprint density at radius 3 is 2.49 bits per heavy atom. The molecular weight excluding hydrogens is 600 g/mol. The molecule has 1 N–H and O–H groups in total. The van der Waals surface area contributed by atoms with Gasteiger partial charge in [0.1, 0.15) is 5.82 Å². The van der Waals surface area contributed by atoms with E-state index in [1.807, 2.05) is 32.0 Å². The van der Waals surface area contributed by atoms with E-state index in [0.717, 1.165) is 34.4 Å². The number of rotatable bonds is 7. The van der Waals surface area contributed by atoms with Crippen LogP contribution in [0.3, 0.4) is 0 Å². The lowest BCUT2D eigenvalue weighted by Gasteiger charge is -2.32. The first-order chi connectivity index (χ1) is 18.6. The molecule has 2 atom stereocenters. The quantitative estimate of drug-likeness (QED) is 0.291. The Morgan fingerprint density at radius 1 is 1.10 bits per heavy atom. The smallest absolute Gasteiger partial charge is 0.243 e. The molecule has 1 aromatic carbocycles. The van der Waals surface area contributed by atoms with Gasteiger partial charge in [0.25, 0.3) is 0 Å². The van der Waals surface area contributed by atoms with E-state index in [1.165, 1.54) is 22.7 Å². The van der Waals surface area contributed by atoms with E-state index in [2.05, 4.69) is 37.2 Å². The van der Waals surface area contributed by atoms with Crippen molar-refractivity contribution in [3.8, 4) is 0 Å². The van der Waals surface area contributed by atoms with Crippen molar-refractivity contribution in [1.82, 2.24) is 23.9 Å². The Labute approximate surface area is 238 Å². The van der Waals surface area contributed by atoms with Gasteiger partial charge in [-0.05, 0) is 80.1 Å². The summed E-state index contributed by atoms with van der Waals surface area (Å²) in [5, 5.41) is 7.85. The Balaban J connectivity index is 0.00000172. The topological polar surface area (TPSA) is 110 Å². The molecule has 1 aliphatic heterocycles. The average Bonchev–Trinajstić information content (AvgIpc) is 3.33. The Hall–Kier alpha value is -2.80. The van der Waals surface area contributed by atoms with E-state index in [9.17, 15) is 12.6 Å². The van der Waals surface area contributed by atoms with Crippen LogP contribution in [0.15, 0.2) is 75.3 Å². The van der Waals surface area contributed by atoms with Gasteiger partial charge < -0.3 is 5.32 Å². The highest BCUT2D eigenvalue weighted by molar-refractivity contribution is 9.10. The van der Waals surface area contributed by atoms with Crippen LogP contribution in [0.5, 0.6) is 0 Å². The van der Waals surface area contributed by atoms with Crippen LogP contribution in [0.25, 0.3) is 5.65 Å². The molecule has 1 fully saturated rings. The summed E-state index contributed by atoms with van der Waals surface area (Å²) in [5.41, 5.74) is 2.50. The minimum absolute atomic E-state index is 0.0808. The van der Waals surface area contributed by atoms with Gasteiger partial charge in [-0.3, -0.25) is 9.19 Å². The maximum Gasteiger partial charge on any atom is 0.243 e. The highest BCUT2D eigenvalue weighted by Gasteiger charge is 2.32. The van der Waals surface area contributed by atoms with E-state index >= 15 is 0 Å². The fourth-order valence-corrected chi connectivity index (χ4v) is 7.02. The number of anilines is 1. The number of halogens is 1.